The number of amides is 1. The minimum Gasteiger partial charge on any atom is -0.374 e. The van der Waals surface area contributed by atoms with Gasteiger partial charge in [0.25, 0.3) is 0 Å². The van der Waals surface area contributed by atoms with E-state index in [2.05, 4.69) is 10.6 Å². The average Bonchev–Trinajstić information content (AvgIpc) is 2.44. The lowest BCUT2D eigenvalue weighted by atomic mass is 10.2. The fourth-order valence-electron chi connectivity index (χ4n) is 1.69. The van der Waals surface area contributed by atoms with Crippen molar-refractivity contribution in [3.8, 4) is 0 Å². The van der Waals surface area contributed by atoms with Gasteiger partial charge >= 0.3 is 0 Å². The van der Waals surface area contributed by atoms with E-state index in [0.29, 0.717) is 11.8 Å². The first kappa shape index (κ1) is 14.9. The highest BCUT2D eigenvalue weighted by atomic mass is 19.1. The second kappa shape index (κ2) is 6.30. The van der Waals surface area contributed by atoms with Crippen molar-refractivity contribution >= 4 is 17.3 Å². The lowest BCUT2D eigenvalue weighted by Gasteiger charge is -2.15. The molecule has 0 saturated heterocycles. The number of anilines is 2. The predicted octanol–water partition coefficient (Wildman–Crippen LogP) is 3.54. The molecule has 1 atom stereocenters. The van der Waals surface area contributed by atoms with Crippen molar-refractivity contribution in [1.29, 1.82) is 0 Å². The van der Waals surface area contributed by atoms with Gasteiger partial charge in [-0.3, -0.25) is 4.79 Å². The van der Waals surface area contributed by atoms with Crippen LogP contribution in [0.5, 0.6) is 0 Å². The maximum absolute atomic E-state index is 13.4. The van der Waals surface area contributed by atoms with E-state index in [9.17, 15) is 18.0 Å². The molecule has 0 aliphatic rings. The SMILES string of the molecule is CC(Nc1ccc(F)cc1)C(=O)Nc1ccc(F)cc1F. The molecule has 0 saturated carbocycles. The first-order valence-corrected chi connectivity index (χ1v) is 6.24. The normalized spacial score (nSPS) is 11.8. The molecule has 0 heterocycles. The highest BCUT2D eigenvalue weighted by Gasteiger charge is 2.15. The summed E-state index contributed by atoms with van der Waals surface area (Å²) >= 11 is 0. The van der Waals surface area contributed by atoms with Gasteiger partial charge in [0.1, 0.15) is 23.5 Å². The molecule has 0 radical (unpaired) electrons. The largest absolute Gasteiger partial charge is 0.374 e. The third-order valence-corrected chi connectivity index (χ3v) is 2.81. The zero-order valence-electron chi connectivity index (χ0n) is 11.2. The number of benzene rings is 2. The molecule has 0 aliphatic carbocycles. The topological polar surface area (TPSA) is 41.1 Å². The van der Waals surface area contributed by atoms with E-state index < -0.39 is 23.6 Å². The third-order valence-electron chi connectivity index (χ3n) is 2.81. The van der Waals surface area contributed by atoms with Crippen molar-refractivity contribution in [2.24, 2.45) is 0 Å². The van der Waals surface area contributed by atoms with Gasteiger partial charge in [-0.2, -0.15) is 0 Å². The van der Waals surface area contributed by atoms with Crippen LogP contribution >= 0.6 is 0 Å². The Bertz CT molecular complexity index is 644. The zero-order chi connectivity index (χ0) is 15.4. The summed E-state index contributed by atoms with van der Waals surface area (Å²) in [6.07, 6.45) is 0. The average molecular weight is 294 g/mol. The van der Waals surface area contributed by atoms with Gasteiger partial charge in [-0.05, 0) is 43.3 Å². The van der Waals surface area contributed by atoms with Crippen LogP contribution in [0, 0.1) is 17.5 Å². The van der Waals surface area contributed by atoms with Gasteiger partial charge in [0.05, 0.1) is 5.69 Å². The van der Waals surface area contributed by atoms with Crippen LogP contribution in [-0.2, 0) is 4.79 Å². The van der Waals surface area contributed by atoms with Gasteiger partial charge < -0.3 is 10.6 Å². The summed E-state index contributed by atoms with van der Waals surface area (Å²) in [6.45, 7) is 1.57. The maximum Gasteiger partial charge on any atom is 0.246 e. The van der Waals surface area contributed by atoms with E-state index in [4.69, 9.17) is 0 Å². The number of nitrogens with one attached hydrogen (secondary N) is 2. The molecule has 0 aliphatic heterocycles. The van der Waals surface area contributed by atoms with Crippen LogP contribution < -0.4 is 10.6 Å². The second-order valence-electron chi connectivity index (χ2n) is 4.49. The minimum atomic E-state index is -0.850. The molecule has 1 amide bonds. The van der Waals surface area contributed by atoms with Crippen LogP contribution in [0.4, 0.5) is 24.5 Å². The summed E-state index contributed by atoms with van der Waals surface area (Å²) in [7, 11) is 0. The van der Waals surface area contributed by atoms with Crippen molar-refractivity contribution in [1.82, 2.24) is 0 Å². The molecule has 3 nitrogen and oxygen atoms in total. The molecule has 21 heavy (non-hydrogen) atoms. The van der Waals surface area contributed by atoms with E-state index in [0.717, 1.165) is 12.1 Å². The van der Waals surface area contributed by atoms with Crippen LogP contribution in [-0.4, -0.2) is 11.9 Å². The first-order chi connectivity index (χ1) is 9.95. The molecule has 0 bridgehead atoms. The molecule has 2 N–H and O–H groups in total. The molecular weight excluding hydrogens is 281 g/mol. The summed E-state index contributed by atoms with van der Waals surface area (Å²) in [5.41, 5.74) is 0.452. The Morgan fingerprint density at radius 1 is 1.00 bits per heavy atom. The van der Waals surface area contributed by atoms with Gasteiger partial charge in [0.15, 0.2) is 0 Å². The van der Waals surface area contributed by atoms with Gasteiger partial charge in [0.2, 0.25) is 5.91 Å². The van der Waals surface area contributed by atoms with Crippen LogP contribution in [0.15, 0.2) is 42.5 Å². The number of hydrogen-bond acceptors (Lipinski definition) is 2. The Kier molecular flexibility index (Phi) is 4.47. The number of carbonyl (C=O) groups excluding carboxylic acids is 1. The van der Waals surface area contributed by atoms with Crippen LogP contribution in [0.25, 0.3) is 0 Å². The molecule has 0 spiro atoms. The monoisotopic (exact) mass is 294 g/mol. The van der Waals surface area contributed by atoms with Crippen molar-refractivity contribution in [2.45, 2.75) is 13.0 Å². The number of hydrogen-bond donors (Lipinski definition) is 2. The van der Waals surface area contributed by atoms with Gasteiger partial charge in [-0.15, -0.1) is 0 Å². The Labute approximate surface area is 119 Å². The van der Waals surface area contributed by atoms with E-state index >= 15 is 0 Å². The lowest BCUT2D eigenvalue weighted by molar-refractivity contribution is -0.116. The molecule has 2 rings (SSSR count). The molecular formula is C15H13F3N2O. The Morgan fingerprint density at radius 2 is 1.62 bits per heavy atom. The smallest absolute Gasteiger partial charge is 0.246 e. The first-order valence-electron chi connectivity index (χ1n) is 6.24. The molecule has 0 fully saturated rings. The minimum absolute atomic E-state index is 0.103. The van der Waals surface area contributed by atoms with E-state index in [1.54, 1.807) is 6.92 Å². The summed E-state index contributed by atoms with van der Waals surface area (Å²) in [6, 6.07) is 7.69. The third kappa shape index (κ3) is 3.98. The summed E-state index contributed by atoms with van der Waals surface area (Å²) in [4.78, 5) is 11.9. The summed E-state index contributed by atoms with van der Waals surface area (Å²) in [5, 5.41) is 5.20. The summed E-state index contributed by atoms with van der Waals surface area (Å²) < 4.78 is 39.0. The Morgan fingerprint density at radius 3 is 2.24 bits per heavy atom. The molecule has 1 unspecified atom stereocenters. The van der Waals surface area contributed by atoms with Crippen LogP contribution in [0.3, 0.4) is 0 Å². The molecule has 2 aromatic rings. The molecule has 6 heteroatoms. The standard InChI is InChI=1S/C15H13F3N2O/c1-9(19-12-5-2-10(16)3-6-12)15(21)20-14-7-4-11(17)8-13(14)18/h2-9,19H,1H3,(H,20,21). The molecule has 0 aromatic heterocycles. The van der Waals surface area contributed by atoms with E-state index in [1.807, 2.05) is 0 Å². The van der Waals surface area contributed by atoms with Crippen molar-refractivity contribution < 1.29 is 18.0 Å². The van der Waals surface area contributed by atoms with Crippen LogP contribution in [0.2, 0.25) is 0 Å². The van der Waals surface area contributed by atoms with Crippen molar-refractivity contribution in [3.05, 3.63) is 59.9 Å². The van der Waals surface area contributed by atoms with E-state index in [1.165, 1.54) is 24.3 Å². The van der Waals surface area contributed by atoms with Crippen LogP contribution in [0.1, 0.15) is 6.92 Å². The number of rotatable bonds is 4. The van der Waals surface area contributed by atoms with Gasteiger partial charge in [-0.25, -0.2) is 13.2 Å². The maximum atomic E-state index is 13.4. The van der Waals surface area contributed by atoms with E-state index in [-0.39, 0.29) is 11.5 Å². The molecule has 2 aromatic carbocycles. The second-order valence-corrected chi connectivity index (χ2v) is 4.49. The zero-order valence-corrected chi connectivity index (χ0v) is 11.2. The molecule has 110 valence electrons. The van der Waals surface area contributed by atoms with Gasteiger partial charge in [-0.1, -0.05) is 0 Å². The quantitative estimate of drug-likeness (QED) is 0.905. The highest BCUT2D eigenvalue weighted by Crippen LogP contribution is 2.16. The van der Waals surface area contributed by atoms with Gasteiger partial charge in [0, 0.05) is 11.8 Å². The lowest BCUT2D eigenvalue weighted by Crippen LogP contribution is -2.32. The number of carbonyl (C=O) groups is 1. The Balaban J connectivity index is 2.00. The fraction of sp³-hybridized carbons (Fsp3) is 0.133. The van der Waals surface area contributed by atoms with Crippen molar-refractivity contribution in [3.63, 3.8) is 0 Å². The summed E-state index contributed by atoms with van der Waals surface area (Å²) in [5.74, 6) is -2.45. The number of halogens is 3. The predicted molar refractivity (Wildman–Crippen MR) is 74.5 cm³/mol. The van der Waals surface area contributed by atoms with Crippen molar-refractivity contribution in [2.75, 3.05) is 10.6 Å². The Hall–Kier alpha value is -2.50. The highest BCUT2D eigenvalue weighted by molar-refractivity contribution is 5.96. The fourth-order valence-corrected chi connectivity index (χ4v) is 1.69.